The second-order valence-corrected chi connectivity index (χ2v) is 8.30. The zero-order valence-electron chi connectivity index (χ0n) is 15.6. The summed E-state index contributed by atoms with van der Waals surface area (Å²) in [5.41, 5.74) is 0.918. The summed E-state index contributed by atoms with van der Waals surface area (Å²) in [5, 5.41) is 13.9. The van der Waals surface area contributed by atoms with Gasteiger partial charge in [-0.15, -0.1) is 21.5 Å². The molecule has 6 nitrogen and oxygen atoms in total. The lowest BCUT2D eigenvalue weighted by Crippen LogP contribution is -2.42. The van der Waals surface area contributed by atoms with Crippen molar-refractivity contribution in [3.63, 3.8) is 0 Å². The first-order valence-corrected chi connectivity index (χ1v) is 10.8. The van der Waals surface area contributed by atoms with Crippen LogP contribution in [0.25, 0.3) is 10.6 Å². The average molecular weight is 386 g/mol. The van der Waals surface area contributed by atoms with E-state index in [1.807, 2.05) is 23.6 Å². The molecule has 4 rings (SSSR count). The number of rotatable bonds is 6. The van der Waals surface area contributed by atoms with Crippen LogP contribution in [-0.2, 0) is 4.79 Å². The number of hydrogen-bond acceptors (Lipinski definition) is 6. The van der Waals surface area contributed by atoms with Crippen molar-refractivity contribution in [1.82, 2.24) is 20.4 Å². The molecule has 4 heterocycles. The van der Waals surface area contributed by atoms with Crippen molar-refractivity contribution >= 4 is 23.1 Å². The van der Waals surface area contributed by atoms with Crippen LogP contribution < -0.4 is 10.2 Å². The Morgan fingerprint density at radius 2 is 1.93 bits per heavy atom. The van der Waals surface area contributed by atoms with Gasteiger partial charge in [0.2, 0.25) is 5.91 Å². The smallest absolute Gasteiger partial charge is 0.223 e. The summed E-state index contributed by atoms with van der Waals surface area (Å²) in [7, 11) is 0. The number of aromatic nitrogens is 2. The Morgan fingerprint density at radius 1 is 1.11 bits per heavy atom. The molecule has 2 saturated heterocycles. The Bertz CT molecular complexity index is 719. The highest BCUT2D eigenvalue weighted by molar-refractivity contribution is 7.13. The van der Waals surface area contributed by atoms with Crippen LogP contribution in [0.4, 0.5) is 5.82 Å². The third-order valence-corrected chi connectivity index (χ3v) is 6.43. The highest BCUT2D eigenvalue weighted by Crippen LogP contribution is 2.25. The lowest BCUT2D eigenvalue weighted by molar-refractivity contribution is -0.125. The second-order valence-electron chi connectivity index (χ2n) is 7.36. The van der Waals surface area contributed by atoms with Gasteiger partial charge < -0.3 is 15.1 Å². The lowest BCUT2D eigenvalue weighted by atomic mass is 9.96. The maximum atomic E-state index is 12.4. The topological polar surface area (TPSA) is 61.4 Å². The van der Waals surface area contributed by atoms with Gasteiger partial charge in [0.25, 0.3) is 0 Å². The van der Waals surface area contributed by atoms with E-state index < -0.39 is 0 Å². The van der Waals surface area contributed by atoms with E-state index in [1.54, 1.807) is 11.3 Å². The maximum Gasteiger partial charge on any atom is 0.223 e. The molecule has 0 atom stereocenters. The van der Waals surface area contributed by atoms with Gasteiger partial charge >= 0.3 is 0 Å². The quantitative estimate of drug-likeness (QED) is 0.828. The van der Waals surface area contributed by atoms with Gasteiger partial charge in [0.1, 0.15) is 5.69 Å². The van der Waals surface area contributed by atoms with E-state index in [0.29, 0.717) is 0 Å². The Kier molecular flexibility index (Phi) is 5.99. The molecule has 27 heavy (non-hydrogen) atoms. The Morgan fingerprint density at radius 3 is 2.59 bits per heavy atom. The normalized spacial score (nSPS) is 18.7. The molecule has 0 saturated carbocycles. The summed E-state index contributed by atoms with van der Waals surface area (Å²) in [6, 6.07) is 8.16. The molecule has 0 unspecified atom stereocenters. The summed E-state index contributed by atoms with van der Waals surface area (Å²) in [5.74, 6) is 1.24. The molecule has 2 aliphatic rings. The minimum absolute atomic E-state index is 0.123. The van der Waals surface area contributed by atoms with Crippen LogP contribution in [-0.4, -0.2) is 60.3 Å². The zero-order valence-corrected chi connectivity index (χ0v) is 16.5. The molecule has 1 N–H and O–H groups in total. The van der Waals surface area contributed by atoms with E-state index in [1.165, 1.54) is 25.9 Å². The number of likely N-dealkylation sites (tertiary alicyclic amines) is 1. The predicted molar refractivity (Wildman–Crippen MR) is 109 cm³/mol. The predicted octanol–water partition coefficient (Wildman–Crippen LogP) is 2.63. The van der Waals surface area contributed by atoms with Crippen molar-refractivity contribution in [3.05, 3.63) is 29.6 Å². The van der Waals surface area contributed by atoms with Crippen LogP contribution in [0.1, 0.15) is 25.7 Å². The monoisotopic (exact) mass is 385 g/mol. The SMILES string of the molecule is O=C(NCCN1CCCC1)C1CCN(c2ccc(-c3cccs3)nn2)CC1. The van der Waals surface area contributed by atoms with Crippen molar-refractivity contribution in [1.29, 1.82) is 0 Å². The third kappa shape index (κ3) is 4.65. The van der Waals surface area contributed by atoms with E-state index >= 15 is 0 Å². The van der Waals surface area contributed by atoms with E-state index in [9.17, 15) is 4.79 Å². The number of hydrogen-bond donors (Lipinski definition) is 1. The molecule has 2 fully saturated rings. The Balaban J connectivity index is 1.23. The Hall–Kier alpha value is -1.99. The Labute approximate surface area is 164 Å². The number of amides is 1. The maximum absolute atomic E-state index is 12.4. The average Bonchev–Trinajstić information content (AvgIpc) is 3.42. The number of piperidine rings is 1. The number of anilines is 1. The van der Waals surface area contributed by atoms with E-state index in [0.717, 1.165) is 55.4 Å². The van der Waals surface area contributed by atoms with Gasteiger partial charge in [-0.1, -0.05) is 6.07 Å². The van der Waals surface area contributed by atoms with Gasteiger partial charge in [-0.25, -0.2) is 0 Å². The molecule has 2 aliphatic heterocycles. The van der Waals surface area contributed by atoms with Gasteiger partial charge in [0.05, 0.1) is 4.88 Å². The van der Waals surface area contributed by atoms with Crippen LogP contribution in [0.15, 0.2) is 29.6 Å². The molecule has 1 amide bonds. The first kappa shape index (κ1) is 18.4. The van der Waals surface area contributed by atoms with E-state index in [2.05, 4.69) is 31.4 Å². The van der Waals surface area contributed by atoms with Crippen LogP contribution in [0, 0.1) is 5.92 Å². The standard InChI is InChI=1S/C20H27N5OS/c26-20(21-9-14-24-10-1-2-11-24)16-7-12-25(13-8-16)19-6-5-17(22-23-19)18-4-3-15-27-18/h3-6,15-16H,1-2,7-14H2,(H,21,26). The van der Waals surface area contributed by atoms with Crippen LogP contribution in [0.2, 0.25) is 0 Å². The first-order valence-electron chi connectivity index (χ1n) is 9.92. The molecule has 0 bridgehead atoms. The molecule has 0 aromatic carbocycles. The van der Waals surface area contributed by atoms with Crippen molar-refractivity contribution in [3.8, 4) is 10.6 Å². The molecule has 144 valence electrons. The van der Waals surface area contributed by atoms with Gasteiger partial charge in [-0.3, -0.25) is 4.79 Å². The van der Waals surface area contributed by atoms with Crippen molar-refractivity contribution in [2.45, 2.75) is 25.7 Å². The summed E-state index contributed by atoms with van der Waals surface area (Å²) in [6.07, 6.45) is 4.35. The molecule has 0 spiro atoms. The van der Waals surface area contributed by atoms with Crippen LogP contribution >= 0.6 is 11.3 Å². The number of thiophene rings is 1. The van der Waals surface area contributed by atoms with Gasteiger partial charge in [-0.05, 0) is 62.4 Å². The highest BCUT2D eigenvalue weighted by Gasteiger charge is 2.25. The second kappa shape index (κ2) is 8.80. The van der Waals surface area contributed by atoms with Gasteiger partial charge in [-0.2, -0.15) is 0 Å². The van der Waals surface area contributed by atoms with Gasteiger partial charge in [0, 0.05) is 32.1 Å². The molecule has 7 heteroatoms. The number of nitrogens with one attached hydrogen (secondary N) is 1. The van der Waals surface area contributed by atoms with Gasteiger partial charge in [0.15, 0.2) is 5.82 Å². The largest absolute Gasteiger partial charge is 0.355 e. The first-order chi connectivity index (χ1) is 13.3. The van der Waals surface area contributed by atoms with Crippen molar-refractivity contribution < 1.29 is 4.79 Å². The minimum atomic E-state index is 0.123. The highest BCUT2D eigenvalue weighted by atomic mass is 32.1. The van der Waals surface area contributed by atoms with Crippen LogP contribution in [0.3, 0.4) is 0 Å². The minimum Gasteiger partial charge on any atom is -0.355 e. The van der Waals surface area contributed by atoms with Crippen molar-refractivity contribution in [2.24, 2.45) is 5.92 Å². The molecule has 2 aromatic rings. The summed E-state index contributed by atoms with van der Waals surface area (Å²) < 4.78 is 0. The molecular formula is C20H27N5OS. The molecule has 2 aromatic heterocycles. The van der Waals surface area contributed by atoms with Crippen molar-refractivity contribution in [2.75, 3.05) is 44.2 Å². The lowest BCUT2D eigenvalue weighted by Gasteiger charge is -2.32. The molecule has 0 aliphatic carbocycles. The fourth-order valence-corrected chi connectivity index (χ4v) is 4.60. The fraction of sp³-hybridized carbons (Fsp3) is 0.550. The number of carbonyl (C=O) groups excluding carboxylic acids is 1. The van der Waals surface area contributed by atoms with E-state index in [-0.39, 0.29) is 11.8 Å². The molecule has 0 radical (unpaired) electrons. The fourth-order valence-electron chi connectivity index (χ4n) is 3.91. The summed E-state index contributed by atoms with van der Waals surface area (Å²) in [6.45, 7) is 5.83. The third-order valence-electron chi connectivity index (χ3n) is 5.54. The summed E-state index contributed by atoms with van der Waals surface area (Å²) >= 11 is 1.67. The van der Waals surface area contributed by atoms with E-state index in [4.69, 9.17) is 0 Å². The zero-order chi connectivity index (χ0) is 18.5. The van der Waals surface area contributed by atoms with Crippen LogP contribution in [0.5, 0.6) is 0 Å². The number of nitrogens with zero attached hydrogens (tertiary/aromatic N) is 4. The molecular weight excluding hydrogens is 358 g/mol. The number of carbonyl (C=O) groups is 1. The summed E-state index contributed by atoms with van der Waals surface area (Å²) in [4.78, 5) is 18.2.